The van der Waals surface area contributed by atoms with Crippen molar-refractivity contribution < 1.29 is 4.79 Å². The summed E-state index contributed by atoms with van der Waals surface area (Å²) in [6.07, 6.45) is 3.34. The van der Waals surface area contributed by atoms with E-state index in [9.17, 15) is 9.59 Å². The molecule has 7 nitrogen and oxygen atoms in total. The number of thiocarbonyl (C=S) groups is 1. The molecule has 1 amide bonds. The van der Waals surface area contributed by atoms with Crippen molar-refractivity contribution in [2.45, 2.75) is 13.8 Å². The minimum atomic E-state index is -0.273. The highest BCUT2D eigenvalue weighted by Gasteiger charge is 2.26. The predicted molar refractivity (Wildman–Crippen MR) is 117 cm³/mol. The monoisotopic (exact) mass is 415 g/mol. The van der Waals surface area contributed by atoms with E-state index < -0.39 is 0 Å². The molecule has 2 aliphatic heterocycles. The topological polar surface area (TPSA) is 70.0 Å². The van der Waals surface area contributed by atoms with Crippen LogP contribution in [0.1, 0.15) is 18.1 Å². The second kappa shape index (κ2) is 7.65. The molecule has 0 aromatic carbocycles. The molecule has 0 spiro atoms. The van der Waals surface area contributed by atoms with Gasteiger partial charge in [0.2, 0.25) is 0 Å². The highest BCUT2D eigenvalue weighted by atomic mass is 32.2. The fourth-order valence-corrected chi connectivity index (χ4v) is 4.52. The second-order valence-corrected chi connectivity index (χ2v) is 8.53. The van der Waals surface area contributed by atoms with E-state index in [0.717, 1.165) is 38.3 Å². The lowest BCUT2D eigenvalue weighted by atomic mass is 10.2. The minimum Gasteiger partial charge on any atom is -0.353 e. The van der Waals surface area contributed by atoms with Crippen LogP contribution < -0.4 is 15.8 Å². The van der Waals surface area contributed by atoms with Gasteiger partial charge >= 0.3 is 0 Å². The van der Waals surface area contributed by atoms with E-state index in [0.29, 0.717) is 26.3 Å². The fraction of sp³-hybridized carbons (Fsp3) is 0.368. The highest BCUT2D eigenvalue weighted by molar-refractivity contribution is 8.26. The van der Waals surface area contributed by atoms with Gasteiger partial charge in [-0.05, 0) is 31.2 Å². The maximum Gasteiger partial charge on any atom is 0.267 e. The maximum absolute atomic E-state index is 13.3. The first-order valence-electron chi connectivity index (χ1n) is 9.22. The Labute approximate surface area is 172 Å². The van der Waals surface area contributed by atoms with Crippen LogP contribution in [0.15, 0.2) is 28.0 Å². The number of fused-ring (bicyclic) bond motifs is 1. The Bertz CT molecular complexity index is 1050. The average molecular weight is 416 g/mol. The number of likely N-dealkylation sites (N-methyl/N-ethyl adjacent to an activating group) is 1. The smallest absolute Gasteiger partial charge is 0.267 e. The number of amides is 1. The van der Waals surface area contributed by atoms with Crippen LogP contribution in [-0.4, -0.2) is 57.2 Å². The summed E-state index contributed by atoms with van der Waals surface area (Å²) >= 11 is 6.25. The summed E-state index contributed by atoms with van der Waals surface area (Å²) in [4.78, 5) is 35.2. The fourth-order valence-electron chi connectivity index (χ4n) is 3.50. The van der Waals surface area contributed by atoms with Gasteiger partial charge in [0.25, 0.3) is 11.5 Å². The van der Waals surface area contributed by atoms with E-state index in [1.54, 1.807) is 16.7 Å². The molecule has 28 heavy (non-hydrogen) atoms. The zero-order chi connectivity index (χ0) is 19.8. The number of aromatic nitrogens is 2. The van der Waals surface area contributed by atoms with Gasteiger partial charge in [-0.15, -0.1) is 0 Å². The molecule has 146 valence electrons. The van der Waals surface area contributed by atoms with Crippen LogP contribution in [0, 0.1) is 6.92 Å². The first-order chi connectivity index (χ1) is 13.5. The molecule has 0 saturated carbocycles. The molecule has 0 aliphatic carbocycles. The molecule has 0 radical (unpaired) electrons. The predicted octanol–water partition coefficient (Wildman–Crippen LogP) is 1.63. The van der Waals surface area contributed by atoms with E-state index in [1.807, 2.05) is 19.1 Å². The van der Waals surface area contributed by atoms with Gasteiger partial charge in [0.1, 0.15) is 15.8 Å². The number of nitrogens with zero attached hydrogens (tertiary/aromatic N) is 4. The van der Waals surface area contributed by atoms with E-state index in [2.05, 4.69) is 22.0 Å². The number of hydrogen-bond donors (Lipinski definition) is 1. The van der Waals surface area contributed by atoms with Gasteiger partial charge in [-0.3, -0.25) is 14.0 Å². The minimum absolute atomic E-state index is 0.180. The lowest BCUT2D eigenvalue weighted by Gasteiger charge is -2.35. The first kappa shape index (κ1) is 19.1. The summed E-state index contributed by atoms with van der Waals surface area (Å²) in [5.41, 5.74) is 1.82. The largest absolute Gasteiger partial charge is 0.353 e. The number of pyridine rings is 1. The molecule has 1 N–H and O–H groups in total. The number of anilines is 1. The Hall–Kier alpha value is -2.23. The summed E-state index contributed by atoms with van der Waals surface area (Å²) in [5.74, 6) is 0.360. The SMILES string of the molecule is CCN1CCN(c2nc3c(C)cccn3c(=O)c2/C=C2\SC(=S)NC2=O)CC1. The molecule has 2 saturated heterocycles. The molecular formula is C19H21N5O2S2. The summed E-state index contributed by atoms with van der Waals surface area (Å²) < 4.78 is 1.95. The summed E-state index contributed by atoms with van der Waals surface area (Å²) in [5, 5.41) is 2.60. The number of hydrogen-bond acceptors (Lipinski definition) is 7. The number of rotatable bonds is 3. The standard InChI is InChI=1S/C19H21N5O2S2/c1-3-22-7-9-23(10-8-22)16-13(11-14-17(25)21-19(27)28-14)18(26)24-6-4-5-12(2)15(24)20-16/h4-6,11H,3,7-10H2,1-2H3,(H,21,25,27)/b14-11-. The Morgan fingerprint density at radius 1 is 1.29 bits per heavy atom. The van der Waals surface area contributed by atoms with E-state index >= 15 is 0 Å². The van der Waals surface area contributed by atoms with Crippen LogP contribution in [0.5, 0.6) is 0 Å². The highest BCUT2D eigenvalue weighted by Crippen LogP contribution is 2.28. The summed E-state index contributed by atoms with van der Waals surface area (Å²) in [6, 6.07) is 3.77. The molecule has 4 heterocycles. The van der Waals surface area contributed by atoms with Crippen LogP contribution in [0.2, 0.25) is 0 Å². The van der Waals surface area contributed by atoms with E-state index in [-0.39, 0.29) is 11.5 Å². The molecule has 0 unspecified atom stereocenters. The second-order valence-electron chi connectivity index (χ2n) is 6.81. The van der Waals surface area contributed by atoms with Crippen molar-refractivity contribution in [2.75, 3.05) is 37.6 Å². The van der Waals surface area contributed by atoms with Crippen molar-refractivity contribution in [3.05, 3.63) is 44.7 Å². The van der Waals surface area contributed by atoms with Gasteiger partial charge in [-0.2, -0.15) is 0 Å². The van der Waals surface area contributed by atoms with Crippen molar-refractivity contribution >= 4 is 51.7 Å². The average Bonchev–Trinajstić information content (AvgIpc) is 3.01. The van der Waals surface area contributed by atoms with Crippen LogP contribution in [0.25, 0.3) is 11.7 Å². The third-order valence-corrected chi connectivity index (χ3v) is 6.26. The summed E-state index contributed by atoms with van der Waals surface area (Å²) in [7, 11) is 0. The summed E-state index contributed by atoms with van der Waals surface area (Å²) in [6.45, 7) is 8.51. The van der Waals surface area contributed by atoms with Crippen molar-refractivity contribution in [3.63, 3.8) is 0 Å². The zero-order valence-corrected chi connectivity index (χ0v) is 17.4. The number of piperazine rings is 1. The number of thioether (sulfide) groups is 1. The van der Waals surface area contributed by atoms with Crippen molar-refractivity contribution in [1.82, 2.24) is 19.6 Å². The van der Waals surface area contributed by atoms with Gasteiger partial charge < -0.3 is 15.1 Å². The van der Waals surface area contributed by atoms with E-state index in [1.165, 1.54) is 11.8 Å². The van der Waals surface area contributed by atoms with Crippen LogP contribution in [0.3, 0.4) is 0 Å². The van der Waals surface area contributed by atoms with Gasteiger partial charge in [-0.1, -0.05) is 37.0 Å². The molecular weight excluding hydrogens is 394 g/mol. The van der Waals surface area contributed by atoms with Crippen molar-refractivity contribution in [1.29, 1.82) is 0 Å². The Morgan fingerprint density at radius 3 is 2.68 bits per heavy atom. The van der Waals surface area contributed by atoms with Crippen molar-refractivity contribution in [3.8, 4) is 0 Å². The molecule has 2 fully saturated rings. The van der Waals surface area contributed by atoms with Crippen molar-refractivity contribution in [2.24, 2.45) is 0 Å². The van der Waals surface area contributed by atoms with Gasteiger partial charge in [0.15, 0.2) is 0 Å². The molecule has 2 aromatic heterocycles. The van der Waals surface area contributed by atoms with Crippen LogP contribution in [-0.2, 0) is 4.79 Å². The molecule has 2 aromatic rings. The lowest BCUT2D eigenvalue weighted by Crippen LogP contribution is -2.47. The molecule has 0 bridgehead atoms. The third-order valence-electron chi connectivity index (χ3n) is 5.10. The Balaban J connectivity index is 1.88. The Kier molecular flexibility index (Phi) is 5.22. The zero-order valence-electron chi connectivity index (χ0n) is 15.8. The Morgan fingerprint density at radius 2 is 2.04 bits per heavy atom. The number of aryl methyl sites for hydroxylation is 1. The third kappa shape index (κ3) is 3.45. The molecule has 9 heteroatoms. The number of carbonyl (C=O) groups is 1. The van der Waals surface area contributed by atoms with Crippen LogP contribution >= 0.6 is 24.0 Å². The van der Waals surface area contributed by atoms with E-state index in [4.69, 9.17) is 17.2 Å². The number of carbonyl (C=O) groups excluding carboxylic acids is 1. The van der Waals surface area contributed by atoms with Gasteiger partial charge in [0.05, 0.1) is 10.5 Å². The quantitative estimate of drug-likeness (QED) is 0.604. The van der Waals surface area contributed by atoms with Gasteiger partial charge in [0, 0.05) is 32.4 Å². The lowest BCUT2D eigenvalue weighted by molar-refractivity contribution is -0.115. The van der Waals surface area contributed by atoms with Gasteiger partial charge in [-0.25, -0.2) is 4.98 Å². The molecule has 2 aliphatic rings. The number of nitrogens with one attached hydrogen (secondary N) is 1. The molecule has 0 atom stereocenters. The molecule has 4 rings (SSSR count). The normalized spacial score (nSPS) is 19.6. The first-order valence-corrected chi connectivity index (χ1v) is 10.4. The maximum atomic E-state index is 13.3. The van der Waals surface area contributed by atoms with Crippen LogP contribution in [0.4, 0.5) is 5.82 Å².